The third-order valence-corrected chi connectivity index (χ3v) is 10.3. The van der Waals surface area contributed by atoms with Gasteiger partial charge in [0.15, 0.2) is 35.2 Å². The highest BCUT2D eigenvalue weighted by atomic mass is 16.7. The van der Waals surface area contributed by atoms with E-state index in [0.717, 1.165) is 62.3 Å². The quantitative estimate of drug-likeness (QED) is 0.133. The van der Waals surface area contributed by atoms with E-state index in [-0.39, 0.29) is 91.7 Å². The molecule has 5 atom stereocenters. The summed E-state index contributed by atoms with van der Waals surface area (Å²) in [7, 11) is 0. The molecule has 0 saturated heterocycles. The van der Waals surface area contributed by atoms with Crippen LogP contribution in [0.1, 0.15) is 102 Å². The van der Waals surface area contributed by atoms with Crippen molar-refractivity contribution in [3.63, 3.8) is 0 Å². The molecule has 0 N–H and O–H groups in total. The molecule has 21 nitrogen and oxygen atoms in total. The van der Waals surface area contributed by atoms with Crippen LogP contribution in [0.3, 0.4) is 0 Å². The Morgan fingerprint density at radius 3 is 1.52 bits per heavy atom. The molecule has 4 aromatic rings. The van der Waals surface area contributed by atoms with Crippen LogP contribution < -0.4 is 47.4 Å². The molecule has 7 rings (SSSR count). The van der Waals surface area contributed by atoms with Crippen molar-refractivity contribution >= 4 is 53.7 Å². The van der Waals surface area contributed by atoms with Crippen LogP contribution in [0.5, 0.6) is 57.5 Å². The van der Waals surface area contributed by atoms with Crippen LogP contribution in [-0.2, 0) is 64.8 Å². The molecule has 0 amide bonds. The van der Waals surface area contributed by atoms with Gasteiger partial charge in [0.2, 0.25) is 0 Å². The maximum absolute atomic E-state index is 13.4. The van der Waals surface area contributed by atoms with Crippen molar-refractivity contribution in [3.05, 3.63) is 82.4 Å². The van der Waals surface area contributed by atoms with E-state index in [2.05, 4.69) is 0 Å². The first kappa shape index (κ1) is 48.4. The van der Waals surface area contributed by atoms with Crippen molar-refractivity contribution in [2.24, 2.45) is 0 Å². The molecule has 4 aromatic carbocycles. The molecule has 2 bridgehead atoms. The van der Waals surface area contributed by atoms with Crippen LogP contribution >= 0.6 is 0 Å². The van der Waals surface area contributed by atoms with Crippen LogP contribution in [0, 0.1) is 0 Å². The van der Waals surface area contributed by atoms with Gasteiger partial charge in [-0.1, -0.05) is 6.07 Å². The predicted octanol–water partition coefficient (Wildman–Crippen LogP) is 5.47. The normalized spacial score (nSPS) is 19.1. The van der Waals surface area contributed by atoms with Gasteiger partial charge in [-0.05, 0) is 30.3 Å². The summed E-state index contributed by atoms with van der Waals surface area (Å²) >= 11 is 0. The van der Waals surface area contributed by atoms with E-state index in [1.54, 1.807) is 0 Å². The fourth-order valence-electron chi connectivity index (χ4n) is 8.28. The molecule has 0 aromatic heterocycles. The number of fused-ring (bicyclic) bond motifs is 8. The second-order valence-electron chi connectivity index (χ2n) is 15.7. The lowest BCUT2D eigenvalue weighted by molar-refractivity contribution is -0.232. The summed E-state index contributed by atoms with van der Waals surface area (Å²) in [6.45, 7) is 10.1. The molecular weight excluding hydrogens is 913 g/mol. The fraction of sp³-hybridized carbons (Fsp3) is 0.312. The van der Waals surface area contributed by atoms with Crippen LogP contribution in [-0.4, -0.2) is 65.9 Å². The smallest absolute Gasteiger partial charge is 0.316 e. The van der Waals surface area contributed by atoms with Crippen LogP contribution in [0.2, 0.25) is 0 Å². The predicted molar refractivity (Wildman–Crippen MR) is 228 cm³/mol. The van der Waals surface area contributed by atoms with Crippen molar-refractivity contribution in [1.82, 2.24) is 0 Å². The van der Waals surface area contributed by atoms with Crippen LogP contribution in [0.15, 0.2) is 54.6 Å². The van der Waals surface area contributed by atoms with E-state index in [1.807, 2.05) is 0 Å². The van der Waals surface area contributed by atoms with Gasteiger partial charge in [0.05, 0.1) is 5.92 Å². The topological polar surface area (TPSA) is 264 Å². The zero-order valence-electron chi connectivity index (χ0n) is 38.3. The summed E-state index contributed by atoms with van der Waals surface area (Å²) in [6, 6.07) is 11.8. The standard InChI is InChI=1S/C48H42O21/c1-20(49)58-31-16-38(64-26(7)55)42-39(17-31)68-48(30-11-13-34(60-22(3)51)37(15-30)63-25(6)54)47(66-28(9)57)44(42)43-40(69-48)19-35(61-23(4)52)32-18-41(65-27(8)56)45(67-46(32)43)29-10-12-33(59-21(2)50)36(14-29)62-24(5)53/h10-17,19,41,44-45,47H,18H2,1-9H3/t41-,44-,45-,47-,48+/m1/s1. The molecule has 0 saturated carbocycles. The number of ether oxygens (including phenoxy) is 12. The van der Waals surface area contributed by atoms with Crippen molar-refractivity contribution in [1.29, 1.82) is 0 Å². The highest BCUT2D eigenvalue weighted by Crippen LogP contribution is 2.64. The van der Waals surface area contributed by atoms with E-state index in [1.165, 1.54) is 54.6 Å². The molecule has 0 fully saturated rings. The monoisotopic (exact) mass is 954 g/mol. The Labute approximate surface area is 391 Å². The molecule has 0 aliphatic carbocycles. The number of hydrogen-bond acceptors (Lipinski definition) is 21. The molecule has 3 aliphatic heterocycles. The maximum atomic E-state index is 13.4. The SMILES string of the molecule is CC(=O)Oc1cc(OC(C)=O)c2c(c1)O[C@@]1(c3ccc(OC(C)=O)c(OC(C)=O)c3)Oc3cc(OC(C)=O)c4c(c3[C@@H]2[C@H]1OC(C)=O)O[C@H](c1ccc(OC(C)=O)c(OC(C)=O)c1)[C@H](OC(C)=O)C4. The van der Waals surface area contributed by atoms with Gasteiger partial charge >= 0.3 is 59.5 Å². The Balaban J connectivity index is 1.59. The van der Waals surface area contributed by atoms with E-state index < -0.39 is 83.7 Å². The van der Waals surface area contributed by atoms with E-state index >= 15 is 0 Å². The fourth-order valence-corrected chi connectivity index (χ4v) is 8.28. The summed E-state index contributed by atoms with van der Waals surface area (Å²) < 4.78 is 70.9. The molecule has 360 valence electrons. The summed E-state index contributed by atoms with van der Waals surface area (Å²) in [5.74, 6) is -12.8. The van der Waals surface area contributed by atoms with Crippen molar-refractivity contribution < 1.29 is 100.0 Å². The zero-order chi connectivity index (χ0) is 50.2. The Morgan fingerprint density at radius 2 is 0.971 bits per heavy atom. The molecule has 21 heteroatoms. The lowest BCUT2D eigenvalue weighted by atomic mass is 9.74. The minimum absolute atomic E-state index is 0.0110. The number of benzene rings is 4. The number of hydrogen-bond donors (Lipinski definition) is 0. The average molecular weight is 955 g/mol. The number of rotatable bonds is 11. The van der Waals surface area contributed by atoms with Gasteiger partial charge < -0.3 is 56.8 Å². The molecule has 3 heterocycles. The van der Waals surface area contributed by atoms with E-state index in [9.17, 15) is 43.2 Å². The molecule has 3 aliphatic rings. The van der Waals surface area contributed by atoms with E-state index in [0.29, 0.717) is 0 Å². The van der Waals surface area contributed by atoms with Gasteiger partial charge in [-0.3, -0.25) is 43.2 Å². The number of carbonyl (C=O) groups is 9. The van der Waals surface area contributed by atoms with Gasteiger partial charge in [0.25, 0.3) is 0 Å². The Bertz CT molecular complexity index is 2880. The highest BCUT2D eigenvalue weighted by molar-refractivity contribution is 5.79. The largest absolute Gasteiger partial charge is 0.481 e. The van der Waals surface area contributed by atoms with Crippen molar-refractivity contribution in [2.75, 3.05) is 0 Å². The summed E-state index contributed by atoms with van der Waals surface area (Å²) in [5.41, 5.74) is 0.360. The molecule has 0 spiro atoms. The third kappa shape index (κ3) is 10.1. The first-order chi connectivity index (χ1) is 32.5. The maximum Gasteiger partial charge on any atom is 0.316 e. The lowest BCUT2D eigenvalue weighted by Crippen LogP contribution is -2.59. The average Bonchev–Trinajstić information content (AvgIpc) is 3.20. The second kappa shape index (κ2) is 19.0. The zero-order valence-corrected chi connectivity index (χ0v) is 38.3. The highest BCUT2D eigenvalue weighted by Gasteiger charge is 2.63. The number of carbonyl (C=O) groups excluding carboxylic acids is 9. The van der Waals surface area contributed by atoms with Gasteiger partial charge in [0.1, 0.15) is 40.6 Å². The summed E-state index contributed by atoms with van der Waals surface area (Å²) in [5, 5.41) is 0. The van der Waals surface area contributed by atoms with Gasteiger partial charge in [-0.2, -0.15) is 0 Å². The van der Waals surface area contributed by atoms with Gasteiger partial charge in [0, 0.05) is 115 Å². The first-order valence-electron chi connectivity index (χ1n) is 20.9. The van der Waals surface area contributed by atoms with Crippen LogP contribution in [0.25, 0.3) is 0 Å². The van der Waals surface area contributed by atoms with Crippen molar-refractivity contribution in [2.45, 2.75) is 98.8 Å². The minimum atomic E-state index is -2.37. The Kier molecular flexibility index (Phi) is 13.3. The molecule has 0 radical (unpaired) electrons. The van der Waals surface area contributed by atoms with Crippen LogP contribution in [0.4, 0.5) is 0 Å². The van der Waals surface area contributed by atoms with Gasteiger partial charge in [-0.25, -0.2) is 0 Å². The second-order valence-corrected chi connectivity index (χ2v) is 15.7. The van der Waals surface area contributed by atoms with Gasteiger partial charge in [-0.15, -0.1) is 0 Å². The summed E-state index contributed by atoms with van der Waals surface area (Å²) in [6.07, 6.45) is -4.43. The molecular formula is C48H42O21. The molecule has 0 unspecified atom stereocenters. The Hall–Kier alpha value is -8.49. The number of esters is 9. The minimum Gasteiger partial charge on any atom is -0.481 e. The summed E-state index contributed by atoms with van der Waals surface area (Å²) in [4.78, 5) is 113. The first-order valence-corrected chi connectivity index (χ1v) is 20.9. The lowest BCUT2D eigenvalue weighted by Gasteiger charge is -2.51. The third-order valence-electron chi connectivity index (χ3n) is 10.3. The van der Waals surface area contributed by atoms with Crippen molar-refractivity contribution in [3.8, 4) is 57.5 Å². The molecule has 69 heavy (non-hydrogen) atoms. The Morgan fingerprint density at radius 1 is 0.478 bits per heavy atom. The van der Waals surface area contributed by atoms with E-state index in [4.69, 9.17) is 56.8 Å².